The van der Waals surface area contributed by atoms with Crippen LogP contribution in [-0.2, 0) is 0 Å². The molecule has 0 atom stereocenters. The molecular formula is C92H60N2O2. The Balaban J connectivity index is 0.851. The fraction of sp³-hybridized carbons (Fsp3) is 0. The molecule has 96 heavy (non-hydrogen) atoms. The Labute approximate surface area is 556 Å². The van der Waals surface area contributed by atoms with Crippen LogP contribution in [-0.4, -0.2) is 0 Å². The molecule has 0 spiro atoms. The van der Waals surface area contributed by atoms with Gasteiger partial charge in [0.15, 0.2) is 0 Å². The van der Waals surface area contributed by atoms with E-state index in [0.29, 0.717) is 0 Å². The molecule has 0 amide bonds. The molecule has 0 aliphatic carbocycles. The van der Waals surface area contributed by atoms with Crippen molar-refractivity contribution >= 4 is 99.5 Å². The monoisotopic (exact) mass is 1220 g/mol. The highest BCUT2D eigenvalue weighted by atomic mass is 16.3. The lowest BCUT2D eigenvalue weighted by atomic mass is 9.93. The summed E-state index contributed by atoms with van der Waals surface area (Å²) in [4.78, 5) is 4.88. The van der Waals surface area contributed by atoms with E-state index < -0.39 is 0 Å². The highest BCUT2D eigenvalue weighted by Gasteiger charge is 2.27. The molecule has 0 saturated carbocycles. The van der Waals surface area contributed by atoms with Gasteiger partial charge < -0.3 is 18.6 Å². The lowest BCUT2D eigenvalue weighted by Gasteiger charge is -2.29. The lowest BCUT2D eigenvalue weighted by molar-refractivity contribution is 0.672. The molecule has 18 aromatic rings. The molecule has 2 heterocycles. The molecule has 4 nitrogen and oxygen atoms in total. The number of rotatable bonds is 13. The predicted octanol–water partition coefficient (Wildman–Crippen LogP) is 26.4. The fourth-order valence-corrected chi connectivity index (χ4v) is 14.5. The van der Waals surface area contributed by atoms with E-state index in [-0.39, 0.29) is 0 Å². The second kappa shape index (κ2) is 23.7. The minimum Gasteiger partial charge on any atom is -0.455 e. The number of anilines is 6. The fourth-order valence-electron chi connectivity index (χ4n) is 14.5. The maximum Gasteiger partial charge on any atom is 0.143 e. The highest BCUT2D eigenvalue weighted by molar-refractivity contribution is 6.26. The Morgan fingerprint density at radius 1 is 0.177 bits per heavy atom. The van der Waals surface area contributed by atoms with Crippen molar-refractivity contribution in [1.29, 1.82) is 0 Å². The van der Waals surface area contributed by atoms with Crippen LogP contribution in [0.2, 0.25) is 0 Å². The number of hydrogen-bond acceptors (Lipinski definition) is 4. The summed E-state index contributed by atoms with van der Waals surface area (Å²) in [6.07, 6.45) is 0. The third-order valence-electron chi connectivity index (χ3n) is 19.0. The van der Waals surface area contributed by atoms with E-state index in [9.17, 15) is 0 Å². The van der Waals surface area contributed by atoms with Crippen LogP contribution in [0.5, 0.6) is 0 Å². The number of fused-ring (bicyclic) bond motifs is 10. The first-order valence-corrected chi connectivity index (χ1v) is 32.8. The normalized spacial score (nSPS) is 11.5. The van der Waals surface area contributed by atoms with Crippen LogP contribution in [0.3, 0.4) is 0 Å². The van der Waals surface area contributed by atoms with Crippen molar-refractivity contribution in [3.05, 3.63) is 364 Å². The summed E-state index contributed by atoms with van der Waals surface area (Å²) >= 11 is 0. The molecule has 0 radical (unpaired) electrons. The SMILES string of the molecule is c1ccc(-c2ccc(-c3cccc(N(c4cccc(-c5ccc(-c6ccccc6)c6c5oc5c7ccccc7c(N(c7ccccc7)c7ccccc7-c7ccc(-c8ccccc8)cc7)cc56)c4)c4cc5c(oc6cccc(-c7ccccc7)c65)c5ccccc45)c3)cc2)cc1. The summed E-state index contributed by atoms with van der Waals surface area (Å²) in [6, 6.07) is 131. The van der Waals surface area contributed by atoms with E-state index >= 15 is 0 Å². The maximum atomic E-state index is 7.61. The molecule has 0 N–H and O–H groups in total. The summed E-state index contributed by atoms with van der Waals surface area (Å²) in [6.45, 7) is 0. The van der Waals surface area contributed by atoms with Crippen molar-refractivity contribution in [3.63, 3.8) is 0 Å². The smallest absolute Gasteiger partial charge is 0.143 e. The van der Waals surface area contributed by atoms with Crippen molar-refractivity contribution in [1.82, 2.24) is 0 Å². The summed E-state index contributed by atoms with van der Waals surface area (Å²) in [5.74, 6) is 0. The minimum atomic E-state index is 0.814. The van der Waals surface area contributed by atoms with Crippen LogP contribution >= 0.6 is 0 Å². The van der Waals surface area contributed by atoms with Gasteiger partial charge >= 0.3 is 0 Å². The Bertz CT molecular complexity index is 5920. The van der Waals surface area contributed by atoms with Gasteiger partial charge in [-0.3, -0.25) is 0 Å². The summed E-state index contributed by atoms with van der Waals surface area (Å²) in [5.41, 5.74) is 25.2. The van der Waals surface area contributed by atoms with Crippen LogP contribution in [0.15, 0.2) is 373 Å². The molecule has 0 saturated heterocycles. The Morgan fingerprint density at radius 3 is 1.15 bits per heavy atom. The van der Waals surface area contributed by atoms with Gasteiger partial charge in [0.25, 0.3) is 0 Å². The molecule has 4 heteroatoms. The molecule has 18 rings (SSSR count). The zero-order valence-corrected chi connectivity index (χ0v) is 52.4. The van der Waals surface area contributed by atoms with Crippen LogP contribution in [0.1, 0.15) is 0 Å². The van der Waals surface area contributed by atoms with Crippen LogP contribution in [0.4, 0.5) is 34.1 Å². The number of hydrogen-bond donors (Lipinski definition) is 0. The Hall–Kier alpha value is -12.8. The second-order valence-electron chi connectivity index (χ2n) is 24.6. The first-order valence-electron chi connectivity index (χ1n) is 32.8. The topological polar surface area (TPSA) is 32.8 Å². The van der Waals surface area contributed by atoms with E-state index in [4.69, 9.17) is 8.83 Å². The molecule has 0 fully saturated rings. The summed E-state index contributed by atoms with van der Waals surface area (Å²) in [7, 11) is 0. The number of para-hydroxylation sites is 2. The van der Waals surface area contributed by atoms with Gasteiger partial charge in [0, 0.05) is 71.3 Å². The van der Waals surface area contributed by atoms with E-state index in [1.54, 1.807) is 0 Å². The largest absolute Gasteiger partial charge is 0.455 e. The van der Waals surface area contributed by atoms with Crippen molar-refractivity contribution in [2.75, 3.05) is 9.80 Å². The van der Waals surface area contributed by atoms with Crippen LogP contribution in [0.25, 0.3) is 143 Å². The van der Waals surface area contributed by atoms with Gasteiger partial charge in [-0.2, -0.15) is 0 Å². The lowest BCUT2D eigenvalue weighted by Crippen LogP contribution is -2.11. The van der Waals surface area contributed by atoms with Crippen molar-refractivity contribution in [2.45, 2.75) is 0 Å². The molecule has 0 aliphatic rings. The number of nitrogens with zero attached hydrogens (tertiary/aromatic N) is 2. The van der Waals surface area contributed by atoms with Crippen molar-refractivity contribution in [3.8, 4) is 77.9 Å². The molecule has 16 aromatic carbocycles. The zero-order chi connectivity index (χ0) is 63.5. The Morgan fingerprint density at radius 2 is 0.552 bits per heavy atom. The van der Waals surface area contributed by atoms with Gasteiger partial charge in [-0.05, 0) is 133 Å². The minimum absolute atomic E-state index is 0.814. The number of benzene rings is 16. The average Bonchev–Trinajstić information content (AvgIpc) is 1.53. The van der Waals surface area contributed by atoms with E-state index in [2.05, 4.69) is 374 Å². The zero-order valence-electron chi connectivity index (χ0n) is 52.4. The molecule has 2 aromatic heterocycles. The van der Waals surface area contributed by atoms with Crippen LogP contribution < -0.4 is 9.80 Å². The molecule has 0 bridgehead atoms. The standard InChI is InChI=1S/C92H60N2O2/c1-6-25-61(26-7-1)63-47-49-65(50-48-63)69-33-22-37-72(57-69)93(85-59-82-88-75(66-29-10-3-11-30-66)44-24-46-87(88)95-90(82)80-42-18-16-40-78(80)85)73-38-23-34-70(58-73)77-56-55-76(67-31-12-4-13-32-67)89-83-60-86(79-41-17-19-43-81(79)91(83)96-92(77)89)94(71-35-14-5-15-36-71)84-45-21-20-39-74(84)68-53-51-64(52-54-68)62-27-8-2-9-28-62/h1-60H. The van der Waals surface area contributed by atoms with Crippen LogP contribution in [0, 0.1) is 0 Å². The highest BCUT2D eigenvalue weighted by Crippen LogP contribution is 2.52. The predicted molar refractivity (Wildman–Crippen MR) is 403 cm³/mol. The first-order chi connectivity index (χ1) is 47.6. The molecule has 0 unspecified atom stereocenters. The van der Waals surface area contributed by atoms with Gasteiger partial charge in [-0.15, -0.1) is 0 Å². The molecule has 450 valence electrons. The van der Waals surface area contributed by atoms with Gasteiger partial charge in [0.05, 0.1) is 17.1 Å². The summed E-state index contributed by atoms with van der Waals surface area (Å²) < 4.78 is 14.6. The quantitative estimate of drug-likeness (QED) is 0.115. The number of furan rings is 2. The van der Waals surface area contributed by atoms with E-state index in [1.807, 2.05) is 0 Å². The van der Waals surface area contributed by atoms with Crippen molar-refractivity contribution in [2.24, 2.45) is 0 Å². The van der Waals surface area contributed by atoms with Crippen molar-refractivity contribution < 1.29 is 8.83 Å². The van der Waals surface area contributed by atoms with Gasteiger partial charge in [-0.1, -0.05) is 297 Å². The molecular weight excluding hydrogens is 1170 g/mol. The summed E-state index contributed by atoms with van der Waals surface area (Å²) in [5, 5.41) is 8.40. The third kappa shape index (κ3) is 9.78. The maximum absolute atomic E-state index is 7.61. The van der Waals surface area contributed by atoms with Gasteiger partial charge in [0.2, 0.25) is 0 Å². The first kappa shape index (κ1) is 56.0. The third-order valence-corrected chi connectivity index (χ3v) is 19.0. The second-order valence-corrected chi connectivity index (χ2v) is 24.6. The Kier molecular flexibility index (Phi) is 13.8. The van der Waals surface area contributed by atoms with E-state index in [1.165, 1.54) is 22.3 Å². The van der Waals surface area contributed by atoms with Gasteiger partial charge in [-0.25, -0.2) is 0 Å². The molecule has 0 aliphatic heterocycles. The average molecular weight is 1230 g/mol. The van der Waals surface area contributed by atoms with E-state index in [0.717, 1.165) is 155 Å². The van der Waals surface area contributed by atoms with Gasteiger partial charge in [0.1, 0.15) is 22.3 Å².